The largest absolute Gasteiger partial charge is 0.277 e. The van der Waals surface area contributed by atoms with Crippen molar-refractivity contribution in [2.24, 2.45) is 14.1 Å². The lowest BCUT2D eigenvalue weighted by Gasteiger charge is -2.32. The molecule has 2 heteroatoms. The van der Waals surface area contributed by atoms with E-state index in [0.717, 1.165) is 0 Å². The van der Waals surface area contributed by atoms with Gasteiger partial charge in [0.15, 0.2) is 11.9 Å². The first-order valence-corrected chi connectivity index (χ1v) is 11.3. The number of hydrogen-bond donors (Lipinski definition) is 0. The molecule has 4 aromatic rings. The Morgan fingerprint density at radius 2 is 1.19 bits per heavy atom. The molecule has 2 nitrogen and oxygen atoms in total. The van der Waals surface area contributed by atoms with Crippen molar-refractivity contribution < 1.29 is 9.13 Å². The van der Waals surface area contributed by atoms with Gasteiger partial charge >= 0.3 is 0 Å². The maximum Gasteiger partial charge on any atom is 0.277 e. The van der Waals surface area contributed by atoms with Crippen LogP contribution in [-0.2, 0) is 19.5 Å². The van der Waals surface area contributed by atoms with Crippen molar-refractivity contribution in [3.8, 4) is 11.4 Å². The van der Waals surface area contributed by atoms with Crippen molar-refractivity contribution in [1.29, 1.82) is 0 Å². The van der Waals surface area contributed by atoms with E-state index in [1.165, 1.54) is 50.5 Å². The van der Waals surface area contributed by atoms with Gasteiger partial charge in [0, 0.05) is 24.3 Å². The van der Waals surface area contributed by atoms with Gasteiger partial charge in [-0.3, -0.25) is 0 Å². The highest BCUT2D eigenvalue weighted by molar-refractivity contribution is 5.54. The minimum Gasteiger partial charge on any atom is -0.196 e. The molecule has 0 radical (unpaired) electrons. The highest BCUT2D eigenvalue weighted by Gasteiger charge is 2.41. The van der Waals surface area contributed by atoms with Gasteiger partial charge in [0.25, 0.3) is 11.4 Å². The van der Waals surface area contributed by atoms with Crippen LogP contribution in [0.5, 0.6) is 0 Å². The number of rotatable bonds is 4. The Bertz CT molecular complexity index is 1250. The second kappa shape index (κ2) is 8.35. The molecule has 0 amide bonds. The molecule has 2 aromatic heterocycles. The average Bonchev–Trinajstić information content (AvgIpc) is 2.74. The average molecular weight is 423 g/mol. The molecule has 4 rings (SSSR count). The summed E-state index contributed by atoms with van der Waals surface area (Å²) in [6.45, 7) is 11.2. The zero-order valence-corrected chi connectivity index (χ0v) is 20.4. The van der Waals surface area contributed by atoms with E-state index in [1.807, 2.05) is 0 Å². The van der Waals surface area contributed by atoms with Crippen LogP contribution in [0.2, 0.25) is 0 Å². The smallest absolute Gasteiger partial charge is 0.196 e. The summed E-state index contributed by atoms with van der Waals surface area (Å²) in [5, 5.41) is 0. The summed E-state index contributed by atoms with van der Waals surface area (Å²) in [5.74, 6) is 0. The Kier molecular flexibility index (Phi) is 5.73. The van der Waals surface area contributed by atoms with Crippen molar-refractivity contribution >= 4 is 0 Å². The Morgan fingerprint density at radius 3 is 1.72 bits per heavy atom. The van der Waals surface area contributed by atoms with E-state index in [1.54, 1.807) is 0 Å². The lowest BCUT2D eigenvalue weighted by molar-refractivity contribution is -0.695. The minimum atomic E-state index is -0.298. The maximum atomic E-state index is 2.38. The molecule has 0 atom stereocenters. The van der Waals surface area contributed by atoms with Gasteiger partial charge in [-0.1, -0.05) is 47.5 Å². The number of hydrogen-bond acceptors (Lipinski definition) is 0. The van der Waals surface area contributed by atoms with Gasteiger partial charge in [0.1, 0.15) is 19.5 Å². The van der Waals surface area contributed by atoms with E-state index in [4.69, 9.17) is 0 Å². The van der Waals surface area contributed by atoms with Crippen LogP contribution in [0.4, 0.5) is 0 Å². The molecular weight excluding hydrogens is 388 g/mol. The third-order valence-electron chi connectivity index (χ3n) is 6.90. The normalized spacial score (nSPS) is 11.6. The molecule has 2 aromatic carbocycles. The summed E-state index contributed by atoms with van der Waals surface area (Å²) in [6.07, 6.45) is 2.11. The predicted octanol–water partition coefficient (Wildman–Crippen LogP) is 5.59. The van der Waals surface area contributed by atoms with Crippen LogP contribution in [0.15, 0.2) is 79.0 Å². The molecule has 0 fully saturated rings. The van der Waals surface area contributed by atoms with Crippen LogP contribution in [0.25, 0.3) is 11.4 Å². The van der Waals surface area contributed by atoms with Gasteiger partial charge in [0.05, 0.1) is 0 Å². The summed E-state index contributed by atoms with van der Waals surface area (Å²) in [5.41, 5.74) is 11.3. The van der Waals surface area contributed by atoms with E-state index in [2.05, 4.69) is 137 Å². The molecule has 0 aliphatic heterocycles. The highest BCUT2D eigenvalue weighted by atomic mass is 15.0. The lowest BCUT2D eigenvalue weighted by atomic mass is 9.70. The highest BCUT2D eigenvalue weighted by Crippen LogP contribution is 2.41. The molecule has 0 unspecified atom stereocenters. The number of aromatic nitrogens is 2. The van der Waals surface area contributed by atoms with Gasteiger partial charge in [-0.15, -0.1) is 0 Å². The van der Waals surface area contributed by atoms with Crippen molar-refractivity contribution in [2.75, 3.05) is 0 Å². The number of nitrogens with zero attached hydrogens (tertiary/aromatic N) is 2. The summed E-state index contributed by atoms with van der Waals surface area (Å²) in [7, 11) is 4.30. The SMILES string of the molecule is Cc1ccc(C(C)(c2ccc(C)cc2C)c2cccc(-c3cccc[n+]3C)[n+]2C)c(C)c1. The minimum absolute atomic E-state index is 0.298. The first-order valence-electron chi connectivity index (χ1n) is 11.3. The van der Waals surface area contributed by atoms with E-state index < -0.39 is 0 Å². The zero-order chi connectivity index (χ0) is 23.0. The van der Waals surface area contributed by atoms with Crippen LogP contribution in [0.3, 0.4) is 0 Å². The topological polar surface area (TPSA) is 7.76 Å². The Hall–Kier alpha value is -3.26. The van der Waals surface area contributed by atoms with Gasteiger partial charge in [-0.2, -0.15) is 9.13 Å². The van der Waals surface area contributed by atoms with Crippen molar-refractivity contribution in [3.05, 3.63) is 118 Å². The van der Waals surface area contributed by atoms with Gasteiger partial charge < -0.3 is 0 Å². The fourth-order valence-corrected chi connectivity index (χ4v) is 5.30. The van der Waals surface area contributed by atoms with E-state index in [9.17, 15) is 0 Å². The van der Waals surface area contributed by atoms with Crippen molar-refractivity contribution in [3.63, 3.8) is 0 Å². The van der Waals surface area contributed by atoms with E-state index in [0.29, 0.717) is 0 Å². The second-order valence-electron chi connectivity index (χ2n) is 9.31. The monoisotopic (exact) mass is 422 g/mol. The maximum absolute atomic E-state index is 2.38. The third-order valence-corrected chi connectivity index (χ3v) is 6.90. The van der Waals surface area contributed by atoms with Crippen LogP contribution in [0.1, 0.15) is 46.0 Å². The lowest BCUT2D eigenvalue weighted by Crippen LogP contribution is -2.47. The van der Waals surface area contributed by atoms with E-state index >= 15 is 0 Å². The predicted molar refractivity (Wildman–Crippen MR) is 132 cm³/mol. The Labute approximate surface area is 192 Å². The third kappa shape index (κ3) is 3.64. The molecule has 0 spiro atoms. The van der Waals surface area contributed by atoms with Crippen molar-refractivity contribution in [2.45, 2.75) is 40.0 Å². The Balaban J connectivity index is 2.06. The first-order chi connectivity index (χ1) is 15.2. The second-order valence-corrected chi connectivity index (χ2v) is 9.31. The molecule has 32 heavy (non-hydrogen) atoms. The molecule has 0 aliphatic carbocycles. The summed E-state index contributed by atoms with van der Waals surface area (Å²) in [6, 6.07) is 26.8. The van der Waals surface area contributed by atoms with Gasteiger partial charge in [0.2, 0.25) is 0 Å². The standard InChI is InChI=1S/C30H34N2/c1-21-14-16-25(23(3)19-21)30(5,26-17-15-22(2)20-24(26)4)29-13-10-12-28(32(29)7)27-11-8-9-18-31(27)6/h8-20H,1-7H3/q+2. The van der Waals surface area contributed by atoms with Gasteiger partial charge in [-0.05, 0) is 69.0 Å². The van der Waals surface area contributed by atoms with Crippen LogP contribution in [0, 0.1) is 27.7 Å². The Morgan fingerprint density at radius 1 is 0.625 bits per heavy atom. The quantitative estimate of drug-likeness (QED) is 0.379. The van der Waals surface area contributed by atoms with Gasteiger partial charge in [-0.25, -0.2) is 0 Å². The van der Waals surface area contributed by atoms with Crippen LogP contribution >= 0.6 is 0 Å². The molecule has 162 valence electrons. The summed E-state index contributed by atoms with van der Waals surface area (Å²) >= 11 is 0. The fourth-order valence-electron chi connectivity index (χ4n) is 5.30. The first kappa shape index (κ1) is 22.0. The summed E-state index contributed by atoms with van der Waals surface area (Å²) in [4.78, 5) is 0. The molecule has 2 heterocycles. The molecular formula is C30H34N2+2. The zero-order valence-electron chi connectivity index (χ0n) is 20.4. The molecule has 0 saturated carbocycles. The molecule has 0 bridgehead atoms. The molecule has 0 aliphatic rings. The molecule has 0 N–H and O–H groups in total. The number of benzene rings is 2. The van der Waals surface area contributed by atoms with Crippen LogP contribution in [-0.4, -0.2) is 0 Å². The molecule has 0 saturated heterocycles. The van der Waals surface area contributed by atoms with Crippen molar-refractivity contribution in [1.82, 2.24) is 0 Å². The fraction of sp³-hybridized carbons (Fsp3) is 0.267. The number of aryl methyl sites for hydroxylation is 5. The summed E-state index contributed by atoms with van der Waals surface area (Å²) < 4.78 is 4.55. The van der Waals surface area contributed by atoms with Crippen LogP contribution < -0.4 is 9.13 Å². The van der Waals surface area contributed by atoms with E-state index in [-0.39, 0.29) is 5.41 Å². The number of pyridine rings is 2.